The SMILES string of the molecule is C[C@@H](NS(=O)(=O)c1ccc([N+](=O)[O-])c(C(F)(F)F)c1)C1CCN(C(=O)OC(C)(C)C)CC1. The van der Waals surface area contributed by atoms with Gasteiger partial charge < -0.3 is 9.64 Å². The number of nitro benzene ring substituents is 1. The molecule has 1 saturated heterocycles. The fourth-order valence-electron chi connectivity index (χ4n) is 3.39. The number of carbonyl (C=O) groups excluding carboxylic acids is 1. The van der Waals surface area contributed by atoms with Crippen LogP contribution in [-0.4, -0.2) is 49.1 Å². The predicted molar refractivity (Wildman–Crippen MR) is 108 cm³/mol. The highest BCUT2D eigenvalue weighted by molar-refractivity contribution is 7.89. The zero-order valence-corrected chi connectivity index (χ0v) is 18.9. The van der Waals surface area contributed by atoms with Crippen LogP contribution in [0.15, 0.2) is 23.1 Å². The van der Waals surface area contributed by atoms with Crippen LogP contribution in [0, 0.1) is 16.0 Å². The lowest BCUT2D eigenvalue weighted by molar-refractivity contribution is -0.388. The maximum Gasteiger partial charge on any atom is 0.423 e. The van der Waals surface area contributed by atoms with E-state index >= 15 is 0 Å². The van der Waals surface area contributed by atoms with E-state index in [1.165, 1.54) is 4.90 Å². The van der Waals surface area contributed by atoms with Gasteiger partial charge in [0.1, 0.15) is 11.2 Å². The molecule has 13 heteroatoms. The smallest absolute Gasteiger partial charge is 0.423 e. The van der Waals surface area contributed by atoms with Crippen LogP contribution in [0.2, 0.25) is 0 Å². The summed E-state index contributed by atoms with van der Waals surface area (Å²) in [5.74, 6) is -0.163. The number of amides is 1. The fraction of sp³-hybridized carbons (Fsp3) is 0.632. The van der Waals surface area contributed by atoms with Crippen LogP contribution in [0.4, 0.5) is 23.7 Å². The van der Waals surface area contributed by atoms with Crippen LogP contribution in [0.3, 0.4) is 0 Å². The summed E-state index contributed by atoms with van der Waals surface area (Å²) < 4.78 is 72.5. The summed E-state index contributed by atoms with van der Waals surface area (Å²) in [6.07, 6.45) is -4.61. The molecule has 0 spiro atoms. The first-order valence-electron chi connectivity index (χ1n) is 9.87. The molecule has 0 bridgehead atoms. The number of benzene rings is 1. The van der Waals surface area contributed by atoms with E-state index in [2.05, 4.69) is 4.72 Å². The number of nitro groups is 1. The standard InChI is InChI=1S/C19H26F3N3O6S/c1-12(13-7-9-24(10-8-13)17(26)31-18(2,3)4)23-32(29,30)14-5-6-16(25(27)28)15(11-14)19(20,21)22/h5-6,11-13,23H,7-10H2,1-4H3/t12-/m1/s1. The van der Waals surface area contributed by atoms with E-state index in [1.807, 2.05) is 0 Å². The van der Waals surface area contributed by atoms with Crippen molar-refractivity contribution >= 4 is 21.8 Å². The Hall–Kier alpha value is -2.41. The van der Waals surface area contributed by atoms with E-state index < -0.39 is 55.0 Å². The number of hydrogen-bond acceptors (Lipinski definition) is 6. The number of nitrogens with zero attached hydrogens (tertiary/aromatic N) is 2. The highest BCUT2D eigenvalue weighted by atomic mass is 32.2. The zero-order valence-electron chi connectivity index (χ0n) is 18.1. The Bertz CT molecular complexity index is 968. The van der Waals surface area contributed by atoms with Crippen LogP contribution >= 0.6 is 0 Å². The number of sulfonamides is 1. The van der Waals surface area contributed by atoms with Gasteiger partial charge >= 0.3 is 12.3 Å². The molecule has 0 radical (unpaired) electrons. The zero-order chi connectivity index (χ0) is 24.5. The largest absolute Gasteiger partial charge is 0.444 e. The first-order chi connectivity index (χ1) is 14.5. The molecule has 32 heavy (non-hydrogen) atoms. The highest BCUT2D eigenvalue weighted by Crippen LogP contribution is 2.37. The molecule has 1 aromatic rings. The summed E-state index contributed by atoms with van der Waals surface area (Å²) in [6, 6.07) is 0.929. The number of nitrogens with one attached hydrogen (secondary N) is 1. The van der Waals surface area contributed by atoms with Gasteiger partial charge in [0.15, 0.2) is 0 Å². The van der Waals surface area contributed by atoms with Gasteiger partial charge in [0.2, 0.25) is 10.0 Å². The molecule has 1 atom stereocenters. The van der Waals surface area contributed by atoms with Gasteiger partial charge in [-0.15, -0.1) is 0 Å². The first kappa shape index (κ1) is 25.8. The topological polar surface area (TPSA) is 119 Å². The van der Waals surface area contributed by atoms with Crippen molar-refractivity contribution in [3.63, 3.8) is 0 Å². The molecule has 0 aliphatic carbocycles. The quantitative estimate of drug-likeness (QED) is 0.503. The number of hydrogen-bond donors (Lipinski definition) is 1. The average Bonchev–Trinajstić information content (AvgIpc) is 2.65. The molecule has 1 fully saturated rings. The molecule has 2 rings (SSSR count). The number of alkyl halides is 3. The van der Waals surface area contributed by atoms with E-state index in [1.54, 1.807) is 27.7 Å². The molecule has 1 aliphatic rings. The first-order valence-corrected chi connectivity index (χ1v) is 11.4. The van der Waals surface area contributed by atoms with E-state index in [4.69, 9.17) is 4.74 Å². The van der Waals surface area contributed by atoms with Crippen molar-refractivity contribution < 1.29 is 36.0 Å². The summed E-state index contributed by atoms with van der Waals surface area (Å²) in [6.45, 7) is 7.52. The maximum atomic E-state index is 13.2. The average molecular weight is 481 g/mol. The molecule has 1 aromatic carbocycles. The van der Waals surface area contributed by atoms with Gasteiger partial charge in [-0.05, 0) is 58.6 Å². The number of rotatable bonds is 5. The van der Waals surface area contributed by atoms with Crippen LogP contribution in [0.25, 0.3) is 0 Å². The molecule has 1 aliphatic heterocycles. The number of halogens is 3. The summed E-state index contributed by atoms with van der Waals surface area (Å²) in [5, 5.41) is 10.9. The van der Waals surface area contributed by atoms with Crippen molar-refractivity contribution in [1.29, 1.82) is 0 Å². The van der Waals surface area contributed by atoms with E-state index in [0.717, 1.165) is 6.07 Å². The van der Waals surface area contributed by atoms with Gasteiger partial charge in [0.05, 0.1) is 9.82 Å². The summed E-state index contributed by atoms with van der Waals surface area (Å²) in [4.78, 5) is 22.6. The molecule has 0 unspecified atom stereocenters. The van der Waals surface area contributed by atoms with Crippen molar-refractivity contribution in [3.05, 3.63) is 33.9 Å². The van der Waals surface area contributed by atoms with Crippen LogP contribution in [0.1, 0.15) is 46.1 Å². The highest BCUT2D eigenvalue weighted by Gasteiger charge is 2.40. The van der Waals surface area contributed by atoms with E-state index in [9.17, 15) is 36.5 Å². The molecule has 1 N–H and O–H groups in total. The predicted octanol–water partition coefficient (Wildman–Crippen LogP) is 3.93. The summed E-state index contributed by atoms with van der Waals surface area (Å²) in [7, 11) is -4.37. The van der Waals surface area contributed by atoms with Crippen molar-refractivity contribution in [2.75, 3.05) is 13.1 Å². The Labute approximate surface area is 184 Å². The number of likely N-dealkylation sites (tertiary alicyclic amines) is 1. The minimum Gasteiger partial charge on any atom is -0.444 e. The third kappa shape index (κ3) is 6.55. The van der Waals surface area contributed by atoms with Crippen LogP contribution < -0.4 is 4.72 Å². The summed E-state index contributed by atoms with van der Waals surface area (Å²) in [5.41, 5.74) is -3.50. The second-order valence-electron chi connectivity index (χ2n) is 8.65. The number of ether oxygens (including phenoxy) is 1. The van der Waals surface area contributed by atoms with E-state index in [-0.39, 0.29) is 12.0 Å². The lowest BCUT2D eigenvalue weighted by atomic mass is 9.91. The molecule has 9 nitrogen and oxygen atoms in total. The Balaban J connectivity index is 2.10. The third-order valence-electron chi connectivity index (χ3n) is 5.02. The normalized spacial score (nSPS) is 17.2. The van der Waals surface area contributed by atoms with E-state index in [0.29, 0.717) is 32.0 Å². The molecular formula is C19H26F3N3O6S. The number of carbonyl (C=O) groups is 1. The molecule has 0 aromatic heterocycles. The van der Waals surface area contributed by atoms with Gasteiger partial charge in [-0.3, -0.25) is 10.1 Å². The minimum atomic E-state index is -5.09. The second-order valence-corrected chi connectivity index (χ2v) is 10.4. The molecule has 1 amide bonds. The summed E-state index contributed by atoms with van der Waals surface area (Å²) >= 11 is 0. The maximum absolute atomic E-state index is 13.2. The molecule has 1 heterocycles. The Morgan fingerprint density at radius 1 is 1.25 bits per heavy atom. The molecular weight excluding hydrogens is 455 g/mol. The monoisotopic (exact) mass is 481 g/mol. The van der Waals surface area contributed by atoms with Crippen LogP contribution in [0.5, 0.6) is 0 Å². The third-order valence-corrected chi connectivity index (χ3v) is 6.58. The van der Waals surface area contributed by atoms with Gasteiger partial charge in [-0.25, -0.2) is 17.9 Å². The minimum absolute atomic E-state index is 0.163. The molecule has 180 valence electrons. The lowest BCUT2D eigenvalue weighted by Crippen LogP contribution is -2.46. The van der Waals surface area contributed by atoms with Gasteiger partial charge in [0, 0.05) is 25.2 Å². The Kier molecular flexibility index (Phi) is 7.45. The lowest BCUT2D eigenvalue weighted by Gasteiger charge is -2.35. The van der Waals surface area contributed by atoms with Gasteiger partial charge in [-0.1, -0.05) is 0 Å². The van der Waals surface area contributed by atoms with Gasteiger partial charge in [-0.2, -0.15) is 13.2 Å². The Morgan fingerprint density at radius 3 is 2.28 bits per heavy atom. The number of piperidine rings is 1. The molecule has 0 saturated carbocycles. The Morgan fingerprint density at radius 2 is 1.81 bits per heavy atom. The van der Waals surface area contributed by atoms with Crippen molar-refractivity contribution in [2.24, 2.45) is 5.92 Å². The fourth-order valence-corrected chi connectivity index (χ4v) is 4.72. The van der Waals surface area contributed by atoms with Gasteiger partial charge in [0.25, 0.3) is 5.69 Å². The van der Waals surface area contributed by atoms with Crippen molar-refractivity contribution in [2.45, 2.75) is 63.3 Å². The second kappa shape index (κ2) is 9.22. The van der Waals surface area contributed by atoms with Crippen molar-refractivity contribution in [1.82, 2.24) is 9.62 Å². The van der Waals surface area contributed by atoms with Crippen molar-refractivity contribution in [3.8, 4) is 0 Å². The van der Waals surface area contributed by atoms with Crippen LogP contribution in [-0.2, 0) is 20.9 Å².